The molecule has 1 unspecified atom stereocenters. The molecule has 2 rings (SSSR count). The van der Waals surface area contributed by atoms with Crippen LogP contribution in [0, 0.1) is 5.92 Å². The van der Waals surface area contributed by atoms with E-state index in [0.717, 1.165) is 25.8 Å². The Labute approximate surface area is 82.9 Å². The lowest BCUT2D eigenvalue weighted by molar-refractivity contribution is -0.137. The molecule has 0 bridgehead atoms. The number of amides is 1. The number of carboxylic acids is 1. The largest absolute Gasteiger partial charge is 0.481 e. The van der Waals surface area contributed by atoms with Gasteiger partial charge in [-0.3, -0.25) is 9.59 Å². The first-order valence-electron chi connectivity index (χ1n) is 5.21. The van der Waals surface area contributed by atoms with Crippen molar-refractivity contribution in [2.24, 2.45) is 5.92 Å². The first-order chi connectivity index (χ1) is 6.68. The van der Waals surface area contributed by atoms with E-state index in [0.29, 0.717) is 12.5 Å². The van der Waals surface area contributed by atoms with Crippen LogP contribution in [0.25, 0.3) is 0 Å². The van der Waals surface area contributed by atoms with Gasteiger partial charge in [-0.15, -0.1) is 0 Å². The smallest absolute Gasteiger partial charge is 0.303 e. The highest BCUT2D eigenvalue weighted by Gasteiger charge is 2.40. The normalized spacial score (nSPS) is 27.0. The van der Waals surface area contributed by atoms with Gasteiger partial charge in [-0.2, -0.15) is 0 Å². The molecular weight excluding hydrogens is 182 g/mol. The third kappa shape index (κ3) is 1.89. The molecule has 1 aliphatic carbocycles. The highest BCUT2D eigenvalue weighted by molar-refractivity contribution is 5.82. The summed E-state index contributed by atoms with van der Waals surface area (Å²) in [6, 6.07) is 0.484. The maximum absolute atomic E-state index is 11.7. The summed E-state index contributed by atoms with van der Waals surface area (Å²) in [6.45, 7) is 0.841. The number of carboxylic acid groups (broad SMARTS) is 1. The Morgan fingerprint density at radius 1 is 1.43 bits per heavy atom. The number of aliphatic carboxylic acids is 1. The van der Waals surface area contributed by atoms with Crippen LogP contribution in [0.15, 0.2) is 0 Å². The van der Waals surface area contributed by atoms with Gasteiger partial charge in [0.2, 0.25) is 5.91 Å². The Kier molecular flexibility index (Phi) is 2.44. The summed E-state index contributed by atoms with van der Waals surface area (Å²) in [6.07, 6.45) is 3.75. The maximum Gasteiger partial charge on any atom is 0.303 e. The molecule has 0 aromatic rings. The second-order valence-corrected chi connectivity index (χ2v) is 4.18. The minimum atomic E-state index is -0.803. The van der Waals surface area contributed by atoms with Crippen molar-refractivity contribution >= 4 is 11.9 Å². The predicted octanol–water partition coefficient (Wildman–Crippen LogP) is 0.862. The third-order valence-electron chi connectivity index (χ3n) is 3.05. The van der Waals surface area contributed by atoms with Crippen LogP contribution in [0.1, 0.15) is 32.1 Å². The van der Waals surface area contributed by atoms with Crippen molar-refractivity contribution in [3.63, 3.8) is 0 Å². The Morgan fingerprint density at radius 3 is 2.71 bits per heavy atom. The van der Waals surface area contributed by atoms with Gasteiger partial charge < -0.3 is 10.0 Å². The molecule has 4 heteroatoms. The summed E-state index contributed by atoms with van der Waals surface area (Å²) in [5.41, 5.74) is 0. The Hall–Kier alpha value is -1.06. The molecule has 14 heavy (non-hydrogen) atoms. The van der Waals surface area contributed by atoms with Gasteiger partial charge >= 0.3 is 5.97 Å². The number of hydrogen-bond donors (Lipinski definition) is 1. The monoisotopic (exact) mass is 197 g/mol. The van der Waals surface area contributed by atoms with Crippen molar-refractivity contribution in [3.05, 3.63) is 0 Å². The molecule has 2 aliphatic rings. The van der Waals surface area contributed by atoms with E-state index in [4.69, 9.17) is 5.11 Å². The number of hydrogen-bond acceptors (Lipinski definition) is 2. The van der Waals surface area contributed by atoms with Crippen molar-refractivity contribution in [1.82, 2.24) is 4.90 Å². The van der Waals surface area contributed by atoms with Crippen LogP contribution >= 0.6 is 0 Å². The molecule has 1 N–H and O–H groups in total. The average Bonchev–Trinajstić information content (AvgIpc) is 2.89. The van der Waals surface area contributed by atoms with Gasteiger partial charge in [-0.05, 0) is 25.7 Å². The number of carbonyl (C=O) groups is 2. The van der Waals surface area contributed by atoms with Crippen LogP contribution in [-0.2, 0) is 9.59 Å². The van der Waals surface area contributed by atoms with Crippen LogP contribution in [-0.4, -0.2) is 34.5 Å². The lowest BCUT2D eigenvalue weighted by atomic mass is 10.0. The minimum absolute atomic E-state index is 0.0216. The summed E-state index contributed by atoms with van der Waals surface area (Å²) in [4.78, 5) is 24.0. The van der Waals surface area contributed by atoms with E-state index in [9.17, 15) is 9.59 Å². The molecule has 0 spiro atoms. The van der Waals surface area contributed by atoms with Crippen molar-refractivity contribution in [2.45, 2.75) is 38.1 Å². The van der Waals surface area contributed by atoms with Crippen LogP contribution < -0.4 is 0 Å². The van der Waals surface area contributed by atoms with Gasteiger partial charge in [0.1, 0.15) is 0 Å². The molecule has 1 heterocycles. The molecule has 1 saturated carbocycles. The van der Waals surface area contributed by atoms with Crippen LogP contribution in [0.4, 0.5) is 0 Å². The van der Waals surface area contributed by atoms with E-state index in [2.05, 4.69) is 0 Å². The molecule has 0 radical (unpaired) electrons. The molecule has 1 saturated heterocycles. The van der Waals surface area contributed by atoms with Crippen molar-refractivity contribution in [2.75, 3.05) is 6.54 Å². The molecule has 78 valence electrons. The van der Waals surface area contributed by atoms with E-state index in [1.165, 1.54) is 0 Å². The standard InChI is InChI=1S/C10H15NO3/c12-9(13)4-1-7-5-6-11(10(7)14)8-2-3-8/h7-8H,1-6H2,(H,12,13). The predicted molar refractivity (Wildman–Crippen MR) is 49.7 cm³/mol. The summed E-state index contributed by atoms with van der Waals surface area (Å²) in [7, 11) is 0. The van der Waals surface area contributed by atoms with Crippen LogP contribution in [0.2, 0.25) is 0 Å². The summed E-state index contributed by atoms with van der Waals surface area (Å²) in [5.74, 6) is -0.636. The molecule has 1 aliphatic heterocycles. The highest BCUT2D eigenvalue weighted by atomic mass is 16.4. The van der Waals surface area contributed by atoms with Crippen LogP contribution in [0.3, 0.4) is 0 Å². The van der Waals surface area contributed by atoms with Gasteiger partial charge in [0, 0.05) is 24.9 Å². The lowest BCUT2D eigenvalue weighted by Crippen LogP contribution is -2.29. The molecule has 0 aromatic carbocycles. The van der Waals surface area contributed by atoms with E-state index in [1.54, 1.807) is 0 Å². The van der Waals surface area contributed by atoms with E-state index >= 15 is 0 Å². The van der Waals surface area contributed by atoms with Crippen molar-refractivity contribution in [1.29, 1.82) is 0 Å². The zero-order valence-electron chi connectivity index (χ0n) is 8.11. The van der Waals surface area contributed by atoms with Gasteiger partial charge in [0.15, 0.2) is 0 Å². The lowest BCUT2D eigenvalue weighted by Gasteiger charge is -2.14. The third-order valence-corrected chi connectivity index (χ3v) is 3.05. The Morgan fingerprint density at radius 2 is 2.14 bits per heavy atom. The fourth-order valence-electron chi connectivity index (χ4n) is 2.08. The summed E-state index contributed by atoms with van der Waals surface area (Å²) in [5, 5.41) is 8.52. The number of likely N-dealkylation sites (tertiary alicyclic amines) is 1. The number of nitrogens with zero attached hydrogens (tertiary/aromatic N) is 1. The zero-order valence-corrected chi connectivity index (χ0v) is 8.11. The van der Waals surface area contributed by atoms with Gasteiger partial charge in [0.05, 0.1) is 0 Å². The number of carbonyl (C=O) groups excluding carboxylic acids is 1. The van der Waals surface area contributed by atoms with Gasteiger partial charge in [-0.1, -0.05) is 0 Å². The second-order valence-electron chi connectivity index (χ2n) is 4.18. The Balaban J connectivity index is 1.83. The fourth-order valence-corrected chi connectivity index (χ4v) is 2.08. The molecule has 1 atom stereocenters. The zero-order chi connectivity index (χ0) is 10.1. The summed E-state index contributed by atoms with van der Waals surface area (Å²) < 4.78 is 0. The molecule has 4 nitrogen and oxygen atoms in total. The first kappa shape index (κ1) is 9.49. The quantitative estimate of drug-likeness (QED) is 0.727. The molecular formula is C10H15NO3. The molecule has 0 aromatic heterocycles. The van der Waals surface area contributed by atoms with Gasteiger partial charge in [-0.25, -0.2) is 0 Å². The fraction of sp³-hybridized carbons (Fsp3) is 0.800. The highest BCUT2D eigenvalue weighted by Crippen LogP contribution is 2.33. The van der Waals surface area contributed by atoms with E-state index in [1.807, 2.05) is 4.90 Å². The van der Waals surface area contributed by atoms with Crippen LogP contribution in [0.5, 0.6) is 0 Å². The molecule has 2 fully saturated rings. The maximum atomic E-state index is 11.7. The average molecular weight is 197 g/mol. The van der Waals surface area contributed by atoms with E-state index in [-0.39, 0.29) is 18.2 Å². The molecule has 1 amide bonds. The minimum Gasteiger partial charge on any atom is -0.481 e. The topological polar surface area (TPSA) is 57.6 Å². The van der Waals surface area contributed by atoms with Crippen molar-refractivity contribution in [3.8, 4) is 0 Å². The first-order valence-corrected chi connectivity index (χ1v) is 5.21. The number of rotatable bonds is 4. The summed E-state index contributed by atoms with van der Waals surface area (Å²) >= 11 is 0. The SMILES string of the molecule is O=C(O)CCC1CCN(C2CC2)C1=O. The van der Waals surface area contributed by atoms with Crippen molar-refractivity contribution < 1.29 is 14.7 Å². The van der Waals surface area contributed by atoms with E-state index < -0.39 is 5.97 Å². The second kappa shape index (κ2) is 3.59. The van der Waals surface area contributed by atoms with Gasteiger partial charge in [0.25, 0.3) is 0 Å². The Bertz CT molecular complexity index is 260.